The Kier molecular flexibility index (Phi) is 13.7. The smallest absolute Gasteiger partial charge is 0.268 e. The highest BCUT2D eigenvalue weighted by Crippen LogP contribution is 2.54. The second-order valence-electron chi connectivity index (χ2n) is 21.2. The van der Waals surface area contributed by atoms with Crippen molar-refractivity contribution in [1.29, 1.82) is 0 Å². The van der Waals surface area contributed by atoms with Gasteiger partial charge >= 0.3 is 0 Å². The largest absolute Gasteiger partial charge is 0.497 e. The van der Waals surface area contributed by atoms with Gasteiger partial charge in [0.05, 0.1) is 47.8 Å². The van der Waals surface area contributed by atoms with Crippen molar-refractivity contribution in [2.45, 2.75) is 87.5 Å². The van der Waals surface area contributed by atoms with Crippen molar-refractivity contribution in [3.8, 4) is 17.2 Å². The molecule has 19 heteroatoms. The highest BCUT2D eigenvalue weighted by molar-refractivity contribution is 7.90. The summed E-state index contributed by atoms with van der Waals surface area (Å²) < 4.78 is 79.8. The molecule has 6 N–H and O–H groups in total. The van der Waals surface area contributed by atoms with E-state index in [2.05, 4.69) is 90.0 Å². The van der Waals surface area contributed by atoms with Gasteiger partial charge in [-0.05, 0) is 90.1 Å². The number of fused-ring (bicyclic) bond motifs is 2. The fraction of sp³-hybridized carbons (Fsp3) is 0.411. The van der Waals surface area contributed by atoms with Crippen LogP contribution in [0, 0.1) is 11.2 Å². The molecule has 1 spiro atoms. The Morgan fingerprint density at radius 1 is 0.947 bits per heavy atom. The summed E-state index contributed by atoms with van der Waals surface area (Å²) in [7, 11) is -3.01. The first kappa shape index (κ1) is 50.4. The van der Waals surface area contributed by atoms with Crippen molar-refractivity contribution in [3.63, 3.8) is 0 Å². The molecule has 1 saturated carbocycles. The molecule has 0 bridgehead atoms. The summed E-state index contributed by atoms with van der Waals surface area (Å²) >= 11 is 0. The van der Waals surface area contributed by atoms with Gasteiger partial charge in [0, 0.05) is 102 Å². The van der Waals surface area contributed by atoms with Gasteiger partial charge in [0.25, 0.3) is 15.9 Å². The molecule has 1 amide bonds. The first-order valence-corrected chi connectivity index (χ1v) is 27.4. The number of nitrogen functional groups attached to an aromatic ring is 1. The number of benzene rings is 4. The third-order valence-electron chi connectivity index (χ3n) is 16.1. The monoisotopic (exact) mass is 1040 g/mol. The van der Waals surface area contributed by atoms with Crippen molar-refractivity contribution in [2.24, 2.45) is 5.41 Å². The number of amides is 1. The fourth-order valence-electron chi connectivity index (χ4n) is 11.9. The molecule has 3 aliphatic heterocycles. The van der Waals surface area contributed by atoms with E-state index < -0.39 is 32.3 Å². The van der Waals surface area contributed by atoms with Crippen LogP contribution in [0.5, 0.6) is 17.2 Å². The van der Waals surface area contributed by atoms with E-state index in [1.54, 1.807) is 19.4 Å². The number of sulfonamides is 1. The zero-order valence-electron chi connectivity index (χ0n) is 42.5. The normalized spacial score (nSPS) is 19.4. The van der Waals surface area contributed by atoms with Crippen molar-refractivity contribution in [2.75, 3.05) is 75.5 Å². The quantitative estimate of drug-likeness (QED) is 0.0610. The minimum Gasteiger partial charge on any atom is -0.497 e. The number of methoxy groups -OCH3 is 1. The van der Waals surface area contributed by atoms with Crippen molar-refractivity contribution in [3.05, 3.63) is 126 Å². The second-order valence-corrected chi connectivity index (χ2v) is 22.8. The van der Waals surface area contributed by atoms with Crippen LogP contribution in [0.2, 0.25) is 0 Å². The zero-order chi connectivity index (χ0) is 52.1. The van der Waals surface area contributed by atoms with Crippen LogP contribution in [0.3, 0.4) is 0 Å². The summed E-state index contributed by atoms with van der Waals surface area (Å²) in [6.45, 7) is 9.92. The molecule has 7 aromatic rings. The summed E-state index contributed by atoms with van der Waals surface area (Å²) in [5.74, 6) is -0.391. The molecule has 75 heavy (non-hydrogen) atoms. The number of piperidine rings is 1. The average Bonchev–Trinajstić information content (AvgIpc) is 4.09. The Morgan fingerprint density at radius 3 is 2.48 bits per heavy atom. The lowest BCUT2D eigenvalue weighted by Gasteiger charge is -2.58. The van der Waals surface area contributed by atoms with Crippen molar-refractivity contribution < 1.29 is 36.2 Å². The Morgan fingerprint density at radius 2 is 1.72 bits per heavy atom. The van der Waals surface area contributed by atoms with Crippen LogP contribution >= 0.6 is 0 Å². The third kappa shape index (κ3) is 10.2. The molecule has 6 heterocycles. The number of carbonyl (C=O) groups excluding carboxylic acids is 1. The molecule has 4 aliphatic rings. The van der Waals surface area contributed by atoms with E-state index >= 15 is 8.78 Å². The second kappa shape index (κ2) is 20.4. The maximum Gasteiger partial charge on any atom is 0.268 e. The molecule has 11 rings (SSSR count). The number of rotatable bonds is 15. The number of hydrogen-bond acceptors (Lipinski definition) is 13. The number of aromatic nitrogens is 4. The number of aromatic amines is 2. The van der Waals surface area contributed by atoms with Gasteiger partial charge in [-0.25, -0.2) is 31.9 Å². The van der Waals surface area contributed by atoms with Crippen LogP contribution in [0.1, 0.15) is 91.4 Å². The molecule has 4 aromatic carbocycles. The van der Waals surface area contributed by atoms with E-state index in [1.165, 1.54) is 35.3 Å². The summed E-state index contributed by atoms with van der Waals surface area (Å²) in [6.07, 6.45) is 8.72. The van der Waals surface area contributed by atoms with Crippen LogP contribution in [0.4, 0.5) is 25.8 Å². The number of ether oxygens (including phenoxy) is 3. The predicted octanol–water partition coefficient (Wildman–Crippen LogP) is 9.44. The number of piperazine rings is 1. The molecule has 16 nitrogen and oxygen atoms in total. The molecule has 3 aromatic heterocycles. The summed E-state index contributed by atoms with van der Waals surface area (Å²) in [6, 6.07) is 25.1. The average molecular weight is 1040 g/mol. The minimum absolute atomic E-state index is 0.0147. The molecule has 0 unspecified atom stereocenters. The molecule has 1 aliphatic carbocycles. The van der Waals surface area contributed by atoms with Gasteiger partial charge in [-0.15, -0.1) is 0 Å². The molecule has 3 saturated heterocycles. The predicted molar refractivity (Wildman–Crippen MR) is 285 cm³/mol. The molecule has 1 atom stereocenters. The minimum atomic E-state index is -4.71. The Hall–Kier alpha value is -6.80. The van der Waals surface area contributed by atoms with E-state index in [1.807, 2.05) is 23.1 Å². The number of imidazole rings is 1. The van der Waals surface area contributed by atoms with Gasteiger partial charge in [-0.1, -0.05) is 50.2 Å². The number of H-pyrrole nitrogens is 2. The Bertz CT molecular complexity index is 3330. The lowest BCUT2D eigenvalue weighted by Crippen LogP contribution is -2.60. The number of pyridine rings is 1. The number of nitrogens with zero attached hydrogens (tertiary/aromatic N) is 5. The van der Waals surface area contributed by atoms with Crippen molar-refractivity contribution in [1.82, 2.24) is 34.5 Å². The van der Waals surface area contributed by atoms with Gasteiger partial charge in [0.2, 0.25) is 0 Å². The van der Waals surface area contributed by atoms with E-state index in [-0.39, 0.29) is 89.2 Å². The maximum atomic E-state index is 16.7. The number of anilines is 3. The van der Waals surface area contributed by atoms with Gasteiger partial charge in [0.15, 0.2) is 0 Å². The number of nitrogens with one attached hydrogen (secondary N) is 4. The number of hydrogen-bond donors (Lipinski definition) is 5. The highest BCUT2D eigenvalue weighted by Gasteiger charge is 2.50. The van der Waals surface area contributed by atoms with Gasteiger partial charge in [-0.3, -0.25) is 14.6 Å². The lowest BCUT2D eigenvalue weighted by molar-refractivity contribution is -0.0628. The number of halogens is 2. The SMILES string of the molecule is COc1ccc(CN2CCN(C3CC4(CCN(c5cc(Oc6cnc7[nH]ccc7c6)c(C(=O)NS(=O)(=O)c6cc(N)c(NCC7(F)CCOCC7)c7[nH]cnc67)cc5F)CC4)C3)[C@H](c3ccccc3C(C)C)C2)cc1. The van der Waals surface area contributed by atoms with E-state index in [0.717, 1.165) is 75.1 Å². The summed E-state index contributed by atoms with van der Waals surface area (Å²) in [5.41, 5.74) is 9.97. The van der Waals surface area contributed by atoms with E-state index in [4.69, 9.17) is 19.9 Å². The topological polar surface area (TPSA) is 196 Å². The summed E-state index contributed by atoms with van der Waals surface area (Å²) in [4.78, 5) is 35.8. The third-order valence-corrected chi connectivity index (χ3v) is 17.4. The first-order chi connectivity index (χ1) is 36.2. The standard InChI is InChI=1S/C56H64F2N10O6S/c1-35(2)41-6-4-5-7-42(41)47-32-66(31-36-8-10-39(72-3)11-9-36)20-21-68(47)38-28-55(29-38)13-18-67(19-14-55)46-27-48(74-40-24-37-12-17-60-53(37)61-30-40)43(25-44(46)57)54(69)65-75(70,71)49-26-45(59)50(52-51(49)63-34-64-52)62-33-56(58)15-22-73-23-16-56/h4-12,17,24-27,30,34-35,38,47,62H,13-16,18-23,28-29,31-33,59H2,1-3H3,(H,60,61)(H,63,64)(H,65,69)/t47-/m0/s1. The Labute approximate surface area is 435 Å². The maximum absolute atomic E-state index is 16.7. The molecule has 0 radical (unpaired) electrons. The number of alkyl halides is 1. The lowest BCUT2D eigenvalue weighted by atomic mass is 9.59. The zero-order valence-corrected chi connectivity index (χ0v) is 43.3. The van der Waals surface area contributed by atoms with Crippen LogP contribution in [-0.4, -0.2) is 115 Å². The first-order valence-electron chi connectivity index (χ1n) is 25.9. The van der Waals surface area contributed by atoms with Gasteiger partial charge < -0.3 is 40.1 Å². The highest BCUT2D eigenvalue weighted by atomic mass is 32.2. The van der Waals surface area contributed by atoms with E-state index in [0.29, 0.717) is 30.7 Å². The number of nitrogens with two attached hydrogens (primary N) is 1. The molecular weight excluding hydrogens is 979 g/mol. The van der Waals surface area contributed by atoms with Crippen molar-refractivity contribution >= 4 is 55.1 Å². The number of carbonyl (C=O) groups is 1. The van der Waals surface area contributed by atoms with Crippen LogP contribution < -0.4 is 30.1 Å². The molecule has 394 valence electrons. The fourth-order valence-corrected chi connectivity index (χ4v) is 13.0. The Balaban J connectivity index is 0.811. The molecule has 4 fully saturated rings. The van der Waals surface area contributed by atoms with Crippen LogP contribution in [0.15, 0.2) is 102 Å². The van der Waals surface area contributed by atoms with Gasteiger partial charge in [0.1, 0.15) is 44.8 Å². The van der Waals surface area contributed by atoms with E-state index in [9.17, 15) is 13.2 Å². The summed E-state index contributed by atoms with van der Waals surface area (Å²) in [5, 5.41) is 3.78. The molecular formula is C56H64F2N10O6S. The van der Waals surface area contributed by atoms with Gasteiger partial charge in [-0.2, -0.15) is 0 Å². The van der Waals surface area contributed by atoms with Crippen LogP contribution in [-0.2, 0) is 21.3 Å². The van der Waals surface area contributed by atoms with Crippen LogP contribution in [0.25, 0.3) is 22.1 Å².